The summed E-state index contributed by atoms with van der Waals surface area (Å²) in [6, 6.07) is 7.47. The van der Waals surface area contributed by atoms with Crippen LogP contribution in [-0.4, -0.2) is 26.5 Å². The normalized spacial score (nSPS) is 10.6. The molecule has 16 heavy (non-hydrogen) atoms. The Labute approximate surface area is 98.5 Å². The van der Waals surface area contributed by atoms with Crippen molar-refractivity contribution in [1.82, 2.24) is 14.8 Å². The van der Waals surface area contributed by atoms with Crippen molar-refractivity contribution in [2.75, 3.05) is 6.61 Å². The van der Waals surface area contributed by atoms with Crippen LogP contribution in [0.1, 0.15) is 12.2 Å². The van der Waals surface area contributed by atoms with E-state index < -0.39 is 0 Å². The molecule has 5 heteroatoms. The number of aryl methyl sites for hydroxylation is 1. The average molecular weight is 238 g/mol. The Morgan fingerprint density at radius 3 is 2.69 bits per heavy atom. The molecule has 0 saturated carbocycles. The van der Waals surface area contributed by atoms with Crippen molar-refractivity contribution < 1.29 is 5.11 Å². The molecule has 2 aromatic rings. The summed E-state index contributed by atoms with van der Waals surface area (Å²) >= 11 is 5.82. The zero-order valence-corrected chi connectivity index (χ0v) is 9.43. The summed E-state index contributed by atoms with van der Waals surface area (Å²) in [5.41, 5.74) is 0.974. The van der Waals surface area contributed by atoms with Crippen molar-refractivity contribution in [2.24, 2.45) is 0 Å². The molecule has 0 unspecified atom stereocenters. The molecule has 0 aliphatic rings. The number of aromatic nitrogens is 3. The average Bonchev–Trinajstić information content (AvgIpc) is 2.75. The lowest BCUT2D eigenvalue weighted by Gasteiger charge is -2.05. The molecule has 0 amide bonds. The number of halogens is 1. The van der Waals surface area contributed by atoms with Crippen LogP contribution in [0.3, 0.4) is 0 Å². The highest BCUT2D eigenvalue weighted by Gasteiger charge is 2.05. The summed E-state index contributed by atoms with van der Waals surface area (Å²) in [6.45, 7) is 0.160. The zero-order chi connectivity index (χ0) is 11.4. The Kier molecular flexibility index (Phi) is 3.54. The van der Waals surface area contributed by atoms with Crippen molar-refractivity contribution in [3.8, 4) is 5.69 Å². The zero-order valence-electron chi connectivity index (χ0n) is 8.67. The molecule has 4 nitrogen and oxygen atoms in total. The second-order valence-corrected chi connectivity index (χ2v) is 3.86. The molecular formula is C11H12ClN3O. The fourth-order valence-electron chi connectivity index (χ4n) is 1.48. The van der Waals surface area contributed by atoms with Crippen LogP contribution in [0.25, 0.3) is 5.69 Å². The lowest BCUT2D eigenvalue weighted by atomic mass is 10.3. The molecule has 84 valence electrons. The topological polar surface area (TPSA) is 50.9 Å². The fraction of sp³-hybridized carbons (Fsp3) is 0.273. The minimum Gasteiger partial charge on any atom is -0.396 e. The molecule has 0 aliphatic heterocycles. The van der Waals surface area contributed by atoms with Gasteiger partial charge in [0.25, 0.3) is 0 Å². The molecule has 2 rings (SSSR count). The monoisotopic (exact) mass is 237 g/mol. The van der Waals surface area contributed by atoms with Crippen molar-refractivity contribution in [3.63, 3.8) is 0 Å². The molecule has 1 aromatic heterocycles. The summed E-state index contributed by atoms with van der Waals surface area (Å²) in [6.07, 6.45) is 3.06. The Morgan fingerprint density at radius 2 is 2.00 bits per heavy atom. The minimum absolute atomic E-state index is 0.160. The number of rotatable bonds is 4. The van der Waals surface area contributed by atoms with Crippen LogP contribution in [-0.2, 0) is 6.42 Å². The largest absolute Gasteiger partial charge is 0.396 e. The maximum Gasteiger partial charge on any atom is 0.137 e. The number of benzene rings is 1. The van der Waals surface area contributed by atoms with Gasteiger partial charge in [0.2, 0.25) is 0 Å². The van der Waals surface area contributed by atoms with Crippen LogP contribution in [0.2, 0.25) is 5.02 Å². The Balaban J connectivity index is 2.26. The first-order valence-electron chi connectivity index (χ1n) is 5.07. The fourth-order valence-corrected chi connectivity index (χ4v) is 1.61. The van der Waals surface area contributed by atoms with Crippen molar-refractivity contribution in [1.29, 1.82) is 0 Å². The highest BCUT2D eigenvalue weighted by atomic mass is 35.5. The van der Waals surface area contributed by atoms with Crippen LogP contribution in [0.4, 0.5) is 0 Å². The molecule has 0 bridgehead atoms. The summed E-state index contributed by atoms with van der Waals surface area (Å²) in [4.78, 5) is 0. The lowest BCUT2D eigenvalue weighted by molar-refractivity contribution is 0.287. The highest BCUT2D eigenvalue weighted by Crippen LogP contribution is 2.14. The van der Waals surface area contributed by atoms with E-state index in [9.17, 15) is 0 Å². The predicted octanol–water partition coefficient (Wildman–Crippen LogP) is 1.85. The van der Waals surface area contributed by atoms with Crippen molar-refractivity contribution in [2.45, 2.75) is 12.8 Å². The van der Waals surface area contributed by atoms with Crippen LogP contribution in [0, 0.1) is 0 Å². The van der Waals surface area contributed by atoms with E-state index in [-0.39, 0.29) is 6.61 Å². The SMILES string of the molecule is OCCCc1nncn1-c1ccc(Cl)cc1. The van der Waals surface area contributed by atoms with Gasteiger partial charge in [-0.3, -0.25) is 4.57 Å². The number of nitrogens with zero attached hydrogens (tertiary/aromatic N) is 3. The molecular weight excluding hydrogens is 226 g/mol. The van der Waals surface area contributed by atoms with Gasteiger partial charge in [-0.2, -0.15) is 0 Å². The molecule has 0 atom stereocenters. The second-order valence-electron chi connectivity index (χ2n) is 3.42. The van der Waals surface area contributed by atoms with E-state index in [0.717, 1.165) is 11.5 Å². The summed E-state index contributed by atoms with van der Waals surface area (Å²) in [5.74, 6) is 0.844. The molecule has 0 spiro atoms. The first kappa shape index (κ1) is 11.1. The van der Waals surface area contributed by atoms with Crippen molar-refractivity contribution >= 4 is 11.6 Å². The first-order valence-corrected chi connectivity index (χ1v) is 5.45. The molecule has 1 N–H and O–H groups in total. The van der Waals surface area contributed by atoms with Gasteiger partial charge < -0.3 is 5.11 Å². The maximum absolute atomic E-state index is 8.79. The number of hydrogen-bond acceptors (Lipinski definition) is 3. The standard InChI is InChI=1S/C11H12ClN3O/c12-9-3-5-10(6-4-9)15-8-13-14-11(15)2-1-7-16/h3-6,8,16H,1-2,7H2. The lowest BCUT2D eigenvalue weighted by Crippen LogP contribution is -2.01. The van der Waals surface area contributed by atoms with Gasteiger partial charge in [0.05, 0.1) is 0 Å². The van der Waals surface area contributed by atoms with E-state index in [2.05, 4.69) is 10.2 Å². The number of aliphatic hydroxyl groups is 1. The van der Waals surface area contributed by atoms with Crippen LogP contribution in [0.5, 0.6) is 0 Å². The molecule has 1 heterocycles. The second kappa shape index (κ2) is 5.09. The Bertz CT molecular complexity index is 453. The van der Waals surface area contributed by atoms with Gasteiger partial charge in [0.1, 0.15) is 12.2 Å². The predicted molar refractivity (Wildman–Crippen MR) is 61.8 cm³/mol. The van der Waals surface area contributed by atoms with Gasteiger partial charge in [-0.05, 0) is 30.7 Å². The first-order chi connectivity index (χ1) is 7.81. The Hall–Kier alpha value is -1.39. The molecule has 1 aromatic carbocycles. The summed E-state index contributed by atoms with van der Waals surface area (Å²) in [7, 11) is 0. The van der Waals surface area contributed by atoms with E-state index in [1.54, 1.807) is 6.33 Å². The molecule has 0 fully saturated rings. The van der Waals surface area contributed by atoms with Gasteiger partial charge in [-0.25, -0.2) is 0 Å². The smallest absolute Gasteiger partial charge is 0.137 e. The molecule has 0 aliphatic carbocycles. The summed E-state index contributed by atoms with van der Waals surface area (Å²) < 4.78 is 1.89. The number of aliphatic hydroxyl groups excluding tert-OH is 1. The van der Waals surface area contributed by atoms with Crippen LogP contribution in [0.15, 0.2) is 30.6 Å². The van der Waals surface area contributed by atoms with Crippen LogP contribution >= 0.6 is 11.6 Å². The van der Waals surface area contributed by atoms with E-state index >= 15 is 0 Å². The highest BCUT2D eigenvalue weighted by molar-refractivity contribution is 6.30. The third-order valence-corrected chi connectivity index (χ3v) is 2.53. The van der Waals surface area contributed by atoms with E-state index in [1.807, 2.05) is 28.8 Å². The quantitative estimate of drug-likeness (QED) is 0.883. The van der Waals surface area contributed by atoms with Gasteiger partial charge in [0.15, 0.2) is 0 Å². The molecule has 0 radical (unpaired) electrons. The summed E-state index contributed by atoms with van der Waals surface area (Å²) in [5, 5.41) is 17.4. The van der Waals surface area contributed by atoms with Crippen molar-refractivity contribution in [3.05, 3.63) is 41.4 Å². The van der Waals surface area contributed by atoms with Gasteiger partial charge in [0, 0.05) is 23.7 Å². The molecule has 0 saturated heterocycles. The maximum atomic E-state index is 8.79. The van der Waals surface area contributed by atoms with Gasteiger partial charge in [-0.1, -0.05) is 11.6 Å². The third-order valence-electron chi connectivity index (χ3n) is 2.28. The minimum atomic E-state index is 0.160. The van der Waals surface area contributed by atoms with Gasteiger partial charge >= 0.3 is 0 Å². The van der Waals surface area contributed by atoms with E-state index in [4.69, 9.17) is 16.7 Å². The van der Waals surface area contributed by atoms with Crippen LogP contribution < -0.4 is 0 Å². The van der Waals surface area contributed by atoms with E-state index in [1.165, 1.54) is 0 Å². The van der Waals surface area contributed by atoms with Gasteiger partial charge in [-0.15, -0.1) is 10.2 Å². The third kappa shape index (κ3) is 2.40. The Morgan fingerprint density at radius 1 is 1.25 bits per heavy atom. The van der Waals surface area contributed by atoms with E-state index in [0.29, 0.717) is 17.9 Å². The number of hydrogen-bond donors (Lipinski definition) is 1.